The van der Waals surface area contributed by atoms with E-state index in [0.717, 1.165) is 38.3 Å². The van der Waals surface area contributed by atoms with E-state index in [9.17, 15) is 18.4 Å². The Kier molecular flexibility index (Phi) is 5.66. The zero-order chi connectivity index (χ0) is 20.5. The van der Waals surface area contributed by atoms with Gasteiger partial charge in [-0.15, -0.1) is 0 Å². The lowest BCUT2D eigenvalue weighted by molar-refractivity contribution is -0.137. The number of allylic oxidation sites excluding steroid dienone is 1. The average molecular weight is 492 g/mol. The van der Waals surface area contributed by atoms with Gasteiger partial charge in [0.05, 0.1) is 17.2 Å². The van der Waals surface area contributed by atoms with Crippen molar-refractivity contribution in [1.29, 1.82) is 5.26 Å². The molecule has 0 fully saturated rings. The Balaban J connectivity index is 2.07. The number of halogens is 4. The molecule has 1 aromatic heterocycles. The van der Waals surface area contributed by atoms with E-state index >= 15 is 0 Å². The highest BCUT2D eigenvalue weighted by Crippen LogP contribution is 2.32. The maximum absolute atomic E-state index is 13.0. The Morgan fingerprint density at radius 3 is 2.36 bits per heavy atom. The van der Waals surface area contributed by atoms with Crippen LogP contribution in [-0.2, 0) is 6.18 Å². The van der Waals surface area contributed by atoms with Gasteiger partial charge in [0, 0.05) is 20.6 Å². The van der Waals surface area contributed by atoms with Crippen molar-refractivity contribution >= 4 is 34.2 Å². The number of nitrogens with zero attached hydrogens (tertiary/aromatic N) is 2. The largest absolute Gasteiger partial charge is 0.416 e. The molecule has 0 saturated carbocycles. The van der Waals surface area contributed by atoms with E-state index in [1.165, 1.54) is 12.1 Å². The van der Waals surface area contributed by atoms with Gasteiger partial charge in [0.25, 0.3) is 0 Å². The Morgan fingerprint density at radius 1 is 1.07 bits per heavy atom. The molecular weight excluding hydrogens is 476 g/mol. The second-order valence-corrected chi connectivity index (χ2v) is 7.63. The van der Waals surface area contributed by atoms with Crippen molar-refractivity contribution in [1.82, 2.24) is 4.57 Å². The summed E-state index contributed by atoms with van der Waals surface area (Å²) >= 11 is 2.24. The molecule has 0 amide bonds. The number of hydrogen-bond acceptors (Lipinski definition) is 1. The number of nitriles is 1. The molecule has 6 heteroatoms. The molecule has 0 aliphatic heterocycles. The molecule has 28 heavy (non-hydrogen) atoms. The molecule has 3 aromatic rings. The van der Waals surface area contributed by atoms with Gasteiger partial charge in [0.1, 0.15) is 0 Å². The van der Waals surface area contributed by atoms with Crippen LogP contribution in [0.4, 0.5) is 13.2 Å². The summed E-state index contributed by atoms with van der Waals surface area (Å²) in [5.74, 6) is 0. The molecule has 0 saturated heterocycles. The molecule has 2 aromatic carbocycles. The van der Waals surface area contributed by atoms with Crippen LogP contribution in [0.25, 0.3) is 17.3 Å². The molecule has 3 rings (SSSR count). The van der Waals surface area contributed by atoms with Crippen molar-refractivity contribution in [2.75, 3.05) is 0 Å². The van der Waals surface area contributed by atoms with Crippen LogP contribution in [0.1, 0.15) is 28.1 Å². The van der Waals surface area contributed by atoms with Gasteiger partial charge in [-0.1, -0.05) is 12.1 Å². The van der Waals surface area contributed by atoms with Crippen LogP contribution in [0.2, 0.25) is 0 Å². The Labute approximate surface area is 175 Å². The van der Waals surface area contributed by atoms with Gasteiger partial charge >= 0.3 is 6.18 Å². The van der Waals surface area contributed by atoms with Crippen LogP contribution in [-0.4, -0.2) is 4.57 Å². The minimum Gasteiger partial charge on any atom is -0.318 e. The van der Waals surface area contributed by atoms with Gasteiger partial charge in [-0.2, -0.15) is 18.4 Å². The molecule has 0 spiro atoms. The van der Waals surface area contributed by atoms with Gasteiger partial charge < -0.3 is 4.57 Å². The van der Waals surface area contributed by atoms with Crippen molar-refractivity contribution in [3.8, 4) is 11.8 Å². The van der Waals surface area contributed by atoms with Crippen molar-refractivity contribution in [3.05, 3.63) is 86.2 Å². The predicted octanol–water partition coefficient (Wildman–Crippen LogP) is 6.78. The molecule has 0 aliphatic rings. The molecule has 0 aliphatic carbocycles. The highest BCUT2D eigenvalue weighted by Gasteiger charge is 2.30. The Hall–Kier alpha value is -2.53. The van der Waals surface area contributed by atoms with Crippen LogP contribution in [0.15, 0.2) is 54.6 Å². The number of rotatable bonds is 3. The molecule has 0 radical (unpaired) electrons. The first-order chi connectivity index (χ1) is 13.2. The van der Waals surface area contributed by atoms with Gasteiger partial charge in [-0.05, 0) is 96.1 Å². The third-order valence-corrected chi connectivity index (χ3v) is 5.20. The topological polar surface area (TPSA) is 28.7 Å². The lowest BCUT2D eigenvalue weighted by atomic mass is 10.0. The van der Waals surface area contributed by atoms with E-state index in [0.29, 0.717) is 0 Å². The summed E-state index contributed by atoms with van der Waals surface area (Å²) < 4.78 is 42.2. The minimum absolute atomic E-state index is 0.189. The highest BCUT2D eigenvalue weighted by atomic mass is 127. The first-order valence-corrected chi connectivity index (χ1v) is 9.53. The zero-order valence-corrected chi connectivity index (χ0v) is 17.3. The summed E-state index contributed by atoms with van der Waals surface area (Å²) in [7, 11) is 0. The van der Waals surface area contributed by atoms with Crippen LogP contribution in [0.5, 0.6) is 0 Å². The fraction of sp³-hybridized carbons (Fsp3) is 0.136. The van der Waals surface area contributed by atoms with E-state index in [1.54, 1.807) is 6.08 Å². The quantitative estimate of drug-likeness (QED) is 0.293. The van der Waals surface area contributed by atoms with Gasteiger partial charge in [-0.25, -0.2) is 0 Å². The number of hydrogen-bond donors (Lipinski definition) is 0. The highest BCUT2D eigenvalue weighted by molar-refractivity contribution is 14.1. The number of aromatic nitrogens is 1. The van der Waals surface area contributed by atoms with Crippen LogP contribution >= 0.6 is 22.6 Å². The first-order valence-electron chi connectivity index (χ1n) is 8.45. The Bertz CT molecular complexity index is 1080. The normalized spacial score (nSPS) is 12.1. The summed E-state index contributed by atoms with van der Waals surface area (Å²) in [5.41, 5.74) is 3.35. The average Bonchev–Trinajstić information content (AvgIpc) is 2.93. The van der Waals surface area contributed by atoms with E-state index in [1.807, 2.05) is 50.2 Å². The molecule has 0 bridgehead atoms. The fourth-order valence-electron chi connectivity index (χ4n) is 3.12. The lowest BCUT2D eigenvalue weighted by Gasteiger charge is -2.10. The summed E-state index contributed by atoms with van der Waals surface area (Å²) in [5, 5.41) is 9.54. The molecule has 0 unspecified atom stereocenters. The standard InChI is InChI=1S/C22H16F3IN2/c1-14-10-17(15(2)28(14)21-8-6-20(26)7-9-21)11-18(13-27)16-4-3-5-19(12-16)22(23,24)25/h3-12H,1-2H3/b18-11-. The van der Waals surface area contributed by atoms with Crippen LogP contribution < -0.4 is 0 Å². The van der Waals surface area contributed by atoms with Crippen LogP contribution in [0.3, 0.4) is 0 Å². The van der Waals surface area contributed by atoms with Gasteiger partial charge in [0.2, 0.25) is 0 Å². The third kappa shape index (κ3) is 4.14. The van der Waals surface area contributed by atoms with Gasteiger partial charge in [0.15, 0.2) is 0 Å². The summed E-state index contributed by atoms with van der Waals surface area (Å²) in [6.45, 7) is 3.89. The Morgan fingerprint density at radius 2 is 1.75 bits per heavy atom. The summed E-state index contributed by atoms with van der Waals surface area (Å²) in [6.07, 6.45) is -2.81. The second-order valence-electron chi connectivity index (χ2n) is 6.39. The van der Waals surface area contributed by atoms with E-state index in [2.05, 4.69) is 27.2 Å². The zero-order valence-electron chi connectivity index (χ0n) is 15.2. The molecule has 2 nitrogen and oxygen atoms in total. The summed E-state index contributed by atoms with van der Waals surface area (Å²) in [4.78, 5) is 0. The van der Waals surface area contributed by atoms with Crippen molar-refractivity contribution < 1.29 is 13.2 Å². The second kappa shape index (κ2) is 7.84. The van der Waals surface area contributed by atoms with Crippen LogP contribution in [0, 0.1) is 28.7 Å². The molecule has 0 N–H and O–H groups in total. The summed E-state index contributed by atoms with van der Waals surface area (Å²) in [6, 6.07) is 16.8. The smallest absolute Gasteiger partial charge is 0.318 e. The fourth-order valence-corrected chi connectivity index (χ4v) is 3.48. The minimum atomic E-state index is -4.45. The van der Waals surface area contributed by atoms with Crippen molar-refractivity contribution in [3.63, 3.8) is 0 Å². The monoisotopic (exact) mass is 492 g/mol. The predicted molar refractivity (Wildman–Crippen MR) is 113 cm³/mol. The number of aryl methyl sites for hydroxylation is 1. The first kappa shape index (κ1) is 20.2. The SMILES string of the molecule is Cc1cc(/C=C(/C#N)c2cccc(C(F)(F)F)c2)c(C)n1-c1ccc(I)cc1. The number of alkyl halides is 3. The van der Waals surface area contributed by atoms with E-state index in [-0.39, 0.29) is 11.1 Å². The van der Waals surface area contributed by atoms with Crippen molar-refractivity contribution in [2.45, 2.75) is 20.0 Å². The van der Waals surface area contributed by atoms with E-state index < -0.39 is 11.7 Å². The van der Waals surface area contributed by atoms with Crippen molar-refractivity contribution in [2.24, 2.45) is 0 Å². The molecule has 0 atom stereocenters. The lowest BCUT2D eigenvalue weighted by Crippen LogP contribution is -2.04. The van der Waals surface area contributed by atoms with Gasteiger partial charge in [-0.3, -0.25) is 0 Å². The number of benzene rings is 2. The molecule has 1 heterocycles. The molecule has 142 valence electrons. The third-order valence-electron chi connectivity index (χ3n) is 4.48. The van der Waals surface area contributed by atoms with E-state index in [4.69, 9.17) is 0 Å². The maximum Gasteiger partial charge on any atom is 0.416 e. The molecular formula is C22H16F3IN2. The maximum atomic E-state index is 13.0.